The number of nitrogens with zero attached hydrogens (tertiary/aromatic N) is 2. The maximum atomic E-state index is 14.3. The first kappa shape index (κ1) is 32.4. The summed E-state index contributed by atoms with van der Waals surface area (Å²) in [5.41, 5.74) is 2.98. The van der Waals surface area contributed by atoms with Crippen molar-refractivity contribution in [2.75, 3.05) is 24.2 Å². The van der Waals surface area contributed by atoms with Gasteiger partial charge in [0.1, 0.15) is 18.3 Å². The Morgan fingerprint density at radius 2 is 1.67 bits per heavy atom. The van der Waals surface area contributed by atoms with Crippen molar-refractivity contribution >= 4 is 39.1 Å². The molecule has 0 aliphatic heterocycles. The third-order valence-electron chi connectivity index (χ3n) is 7.76. The van der Waals surface area contributed by atoms with Crippen molar-refractivity contribution in [2.24, 2.45) is 0 Å². The van der Waals surface area contributed by atoms with E-state index in [1.165, 1.54) is 18.1 Å². The molecule has 1 saturated carbocycles. The average Bonchev–Trinajstić information content (AvgIpc) is 2.98. The number of benzene rings is 3. The second-order valence-corrected chi connectivity index (χ2v) is 13.5. The van der Waals surface area contributed by atoms with Crippen LogP contribution < -0.4 is 14.4 Å². The van der Waals surface area contributed by atoms with Crippen LogP contribution in [-0.2, 0) is 32.6 Å². The smallest absolute Gasteiger partial charge is 0.244 e. The fourth-order valence-electron chi connectivity index (χ4n) is 5.53. The number of amides is 2. The minimum absolute atomic E-state index is 0.0457. The summed E-state index contributed by atoms with van der Waals surface area (Å²) in [6.45, 7) is 1.60. The lowest BCUT2D eigenvalue weighted by atomic mass is 9.94. The second kappa shape index (κ2) is 14.8. The predicted molar refractivity (Wildman–Crippen MR) is 171 cm³/mol. The zero-order valence-corrected chi connectivity index (χ0v) is 26.5. The first-order valence-corrected chi connectivity index (χ1v) is 16.8. The Morgan fingerprint density at radius 3 is 2.30 bits per heavy atom. The molecule has 1 N–H and O–H groups in total. The van der Waals surface area contributed by atoms with E-state index in [9.17, 15) is 18.0 Å². The molecule has 0 aromatic heterocycles. The van der Waals surface area contributed by atoms with Crippen LogP contribution in [0.4, 0.5) is 5.69 Å². The summed E-state index contributed by atoms with van der Waals surface area (Å²) in [5, 5.41) is 3.43. The van der Waals surface area contributed by atoms with Crippen LogP contribution in [-0.4, -0.2) is 57.1 Å². The van der Waals surface area contributed by atoms with Crippen LogP contribution in [0.25, 0.3) is 0 Å². The highest BCUT2D eigenvalue weighted by atomic mass is 35.5. The Balaban J connectivity index is 1.73. The van der Waals surface area contributed by atoms with E-state index in [-0.39, 0.29) is 35.6 Å². The van der Waals surface area contributed by atoms with Crippen molar-refractivity contribution in [3.63, 3.8) is 0 Å². The molecule has 8 nitrogen and oxygen atoms in total. The third kappa shape index (κ3) is 8.97. The van der Waals surface area contributed by atoms with E-state index >= 15 is 0 Å². The molecule has 0 bridgehead atoms. The first-order valence-electron chi connectivity index (χ1n) is 14.6. The fraction of sp³-hybridized carbons (Fsp3) is 0.394. The van der Waals surface area contributed by atoms with Gasteiger partial charge in [0.15, 0.2) is 0 Å². The summed E-state index contributed by atoms with van der Waals surface area (Å²) in [4.78, 5) is 29.8. The summed E-state index contributed by atoms with van der Waals surface area (Å²) < 4.78 is 32.3. The minimum Gasteiger partial charge on any atom is -0.495 e. The Hall–Kier alpha value is -3.56. The number of nitrogens with one attached hydrogen (secondary N) is 1. The average molecular weight is 626 g/mol. The minimum atomic E-state index is -3.90. The molecule has 10 heteroatoms. The largest absolute Gasteiger partial charge is 0.495 e. The standard InChI is InChI=1S/C33H40ClN3O5S/c1-24-11-10-14-26(19-24)22-36(32(38)23-37(43(3,40)41)28-17-18-31(42-2)29(34)21-28)30(20-25-12-6-4-7-13-25)33(39)35-27-15-8-5-9-16-27/h4,6-7,10-14,17-19,21,27,30H,5,8-9,15-16,20,22-23H2,1-3H3,(H,35,39)/t30-/m1/s1. The highest BCUT2D eigenvalue weighted by Crippen LogP contribution is 2.30. The summed E-state index contributed by atoms with van der Waals surface area (Å²) in [7, 11) is -2.44. The first-order chi connectivity index (χ1) is 20.5. The van der Waals surface area contributed by atoms with Crippen LogP contribution in [0.3, 0.4) is 0 Å². The van der Waals surface area contributed by atoms with Gasteiger partial charge in [0, 0.05) is 19.0 Å². The van der Waals surface area contributed by atoms with Gasteiger partial charge in [-0.15, -0.1) is 0 Å². The molecule has 1 aliphatic carbocycles. The van der Waals surface area contributed by atoms with Gasteiger partial charge in [-0.1, -0.05) is 91.0 Å². The van der Waals surface area contributed by atoms with Crippen LogP contribution >= 0.6 is 11.6 Å². The number of methoxy groups -OCH3 is 1. The molecular formula is C33H40ClN3O5S. The Labute approximate surface area is 260 Å². The van der Waals surface area contributed by atoms with Crippen LogP contribution in [0.1, 0.15) is 48.8 Å². The topological polar surface area (TPSA) is 96.0 Å². The van der Waals surface area contributed by atoms with Crippen molar-refractivity contribution in [3.05, 3.63) is 94.5 Å². The van der Waals surface area contributed by atoms with E-state index in [1.807, 2.05) is 61.5 Å². The molecule has 0 unspecified atom stereocenters. The molecule has 0 radical (unpaired) electrons. The maximum Gasteiger partial charge on any atom is 0.244 e. The van der Waals surface area contributed by atoms with Crippen molar-refractivity contribution in [1.82, 2.24) is 10.2 Å². The molecule has 230 valence electrons. The number of halogens is 1. The molecular weight excluding hydrogens is 586 g/mol. The molecule has 1 atom stereocenters. The van der Waals surface area contributed by atoms with Crippen LogP contribution in [0.15, 0.2) is 72.8 Å². The number of aryl methyl sites for hydroxylation is 1. The Bertz CT molecular complexity index is 1510. The fourth-order valence-corrected chi connectivity index (χ4v) is 6.62. The van der Waals surface area contributed by atoms with Crippen LogP contribution in [0.2, 0.25) is 5.02 Å². The van der Waals surface area contributed by atoms with Crippen molar-refractivity contribution in [2.45, 2.75) is 64.1 Å². The molecule has 0 saturated heterocycles. The number of rotatable bonds is 12. The summed E-state index contributed by atoms with van der Waals surface area (Å²) in [6, 6.07) is 21.0. The molecule has 2 amide bonds. The van der Waals surface area contributed by atoms with Gasteiger partial charge < -0.3 is 15.0 Å². The van der Waals surface area contributed by atoms with E-state index in [2.05, 4.69) is 5.32 Å². The molecule has 43 heavy (non-hydrogen) atoms. The van der Waals surface area contributed by atoms with Crippen molar-refractivity contribution in [1.29, 1.82) is 0 Å². The lowest BCUT2D eigenvalue weighted by Gasteiger charge is -2.35. The number of ether oxygens (including phenoxy) is 1. The lowest BCUT2D eigenvalue weighted by molar-refractivity contribution is -0.140. The van der Waals surface area contributed by atoms with E-state index in [1.54, 1.807) is 12.1 Å². The van der Waals surface area contributed by atoms with Gasteiger partial charge in [-0.2, -0.15) is 0 Å². The maximum absolute atomic E-state index is 14.3. The van der Waals surface area contributed by atoms with Gasteiger partial charge in [0.05, 0.1) is 24.1 Å². The quantitative estimate of drug-likeness (QED) is 0.286. The molecule has 0 spiro atoms. The molecule has 1 aliphatic rings. The number of hydrogen-bond acceptors (Lipinski definition) is 5. The van der Waals surface area contributed by atoms with Gasteiger partial charge in [0.25, 0.3) is 0 Å². The van der Waals surface area contributed by atoms with Gasteiger partial charge in [-0.05, 0) is 49.1 Å². The molecule has 3 aromatic rings. The number of anilines is 1. The lowest BCUT2D eigenvalue weighted by Crippen LogP contribution is -2.55. The summed E-state index contributed by atoms with van der Waals surface area (Å²) in [6.07, 6.45) is 6.37. The van der Waals surface area contributed by atoms with E-state index in [4.69, 9.17) is 16.3 Å². The van der Waals surface area contributed by atoms with Gasteiger partial charge in [-0.3, -0.25) is 13.9 Å². The summed E-state index contributed by atoms with van der Waals surface area (Å²) >= 11 is 6.33. The monoisotopic (exact) mass is 625 g/mol. The highest BCUT2D eigenvalue weighted by Gasteiger charge is 2.34. The van der Waals surface area contributed by atoms with Gasteiger partial charge in [0.2, 0.25) is 21.8 Å². The summed E-state index contributed by atoms with van der Waals surface area (Å²) in [5.74, 6) is -0.359. The molecule has 1 fully saturated rings. The van der Waals surface area contributed by atoms with Crippen molar-refractivity contribution in [3.8, 4) is 5.75 Å². The van der Waals surface area contributed by atoms with Gasteiger partial charge in [-0.25, -0.2) is 8.42 Å². The molecule has 3 aromatic carbocycles. The second-order valence-electron chi connectivity index (χ2n) is 11.1. The SMILES string of the molecule is COc1ccc(N(CC(=O)N(Cc2cccc(C)c2)[C@H](Cc2ccccc2)C(=O)NC2CCCCC2)S(C)(=O)=O)cc1Cl. The molecule has 4 rings (SSSR count). The predicted octanol–water partition coefficient (Wildman–Crippen LogP) is 5.51. The Morgan fingerprint density at radius 1 is 0.977 bits per heavy atom. The van der Waals surface area contributed by atoms with Gasteiger partial charge >= 0.3 is 0 Å². The number of sulfonamides is 1. The Kier molecular flexibility index (Phi) is 11.1. The molecule has 0 heterocycles. The van der Waals surface area contributed by atoms with Crippen LogP contribution in [0, 0.1) is 6.92 Å². The number of carbonyl (C=O) groups is 2. The zero-order valence-electron chi connectivity index (χ0n) is 25.0. The zero-order chi connectivity index (χ0) is 31.0. The van der Waals surface area contributed by atoms with Crippen molar-refractivity contribution < 1.29 is 22.7 Å². The van der Waals surface area contributed by atoms with E-state index in [0.717, 1.165) is 59.4 Å². The normalized spacial score (nSPS) is 14.5. The highest BCUT2D eigenvalue weighted by molar-refractivity contribution is 7.92. The van der Waals surface area contributed by atoms with E-state index < -0.39 is 28.5 Å². The third-order valence-corrected chi connectivity index (χ3v) is 9.20. The number of hydrogen-bond donors (Lipinski definition) is 1. The van der Waals surface area contributed by atoms with Crippen LogP contribution in [0.5, 0.6) is 5.75 Å². The number of carbonyl (C=O) groups excluding carboxylic acids is 2. The van der Waals surface area contributed by atoms with E-state index in [0.29, 0.717) is 5.75 Å².